The number of Topliss-reactive ketones (excluding diaryl/α,β-unsaturated/α-hetero) is 1. The van der Waals surface area contributed by atoms with Crippen molar-refractivity contribution in [2.24, 2.45) is 0 Å². The van der Waals surface area contributed by atoms with Gasteiger partial charge in [-0.2, -0.15) is 0 Å². The van der Waals surface area contributed by atoms with E-state index in [4.69, 9.17) is 16.3 Å². The second kappa shape index (κ2) is 4.99. The molecule has 1 unspecified atom stereocenters. The third-order valence-electron chi connectivity index (χ3n) is 1.90. The van der Waals surface area contributed by atoms with Crippen molar-refractivity contribution in [3.63, 3.8) is 0 Å². The molecule has 1 aromatic rings. The van der Waals surface area contributed by atoms with E-state index in [0.29, 0.717) is 16.3 Å². The topological polar surface area (TPSA) is 26.3 Å². The summed E-state index contributed by atoms with van der Waals surface area (Å²) in [6, 6.07) is 6.95. The van der Waals surface area contributed by atoms with E-state index in [1.54, 1.807) is 38.1 Å². The molecule has 80 valence electrons. The number of hydrogen-bond acceptors (Lipinski definition) is 2. The number of rotatable bonds is 4. The van der Waals surface area contributed by atoms with Crippen molar-refractivity contribution in [2.75, 3.05) is 0 Å². The number of ketones is 1. The molecule has 15 heavy (non-hydrogen) atoms. The highest BCUT2D eigenvalue weighted by Crippen LogP contribution is 2.18. The zero-order valence-electron chi connectivity index (χ0n) is 8.79. The summed E-state index contributed by atoms with van der Waals surface area (Å²) in [6.07, 6.45) is -0.527. The maximum absolute atomic E-state index is 11.5. The predicted octanol–water partition coefficient (Wildman–Crippen LogP) is 3.25. The molecule has 0 aliphatic rings. The highest BCUT2D eigenvalue weighted by Gasteiger charge is 2.14. The van der Waals surface area contributed by atoms with Crippen LogP contribution in [0.15, 0.2) is 36.4 Å². The van der Waals surface area contributed by atoms with Gasteiger partial charge in [0.15, 0.2) is 11.9 Å². The van der Waals surface area contributed by atoms with Crippen LogP contribution in [0.3, 0.4) is 0 Å². The van der Waals surface area contributed by atoms with Crippen molar-refractivity contribution in [3.05, 3.63) is 41.4 Å². The van der Waals surface area contributed by atoms with Crippen LogP contribution < -0.4 is 4.74 Å². The lowest BCUT2D eigenvalue weighted by molar-refractivity contribution is -0.121. The van der Waals surface area contributed by atoms with Gasteiger partial charge in [0.25, 0.3) is 0 Å². The van der Waals surface area contributed by atoms with E-state index < -0.39 is 6.10 Å². The first-order valence-corrected chi connectivity index (χ1v) is 5.00. The van der Waals surface area contributed by atoms with Crippen LogP contribution in [0.2, 0.25) is 5.02 Å². The fraction of sp³-hybridized carbons (Fsp3) is 0.250. The Labute approximate surface area is 94.5 Å². The summed E-state index contributed by atoms with van der Waals surface area (Å²) >= 11 is 5.79. The third kappa shape index (κ3) is 3.40. The minimum Gasteiger partial charge on any atom is -0.483 e. The van der Waals surface area contributed by atoms with E-state index in [1.165, 1.54) is 0 Å². The Balaban J connectivity index is 2.70. The molecule has 0 radical (unpaired) electrons. The lowest BCUT2D eigenvalue weighted by atomic mass is 10.1. The first kappa shape index (κ1) is 11.8. The zero-order chi connectivity index (χ0) is 11.4. The fourth-order valence-electron chi connectivity index (χ4n) is 1.14. The standard InChI is InChI=1S/C12H13ClO2/c1-8(2)12(14)9(3)15-11-6-4-5-10(13)7-11/h4-7,9H,1H2,2-3H3. The molecular formula is C12H13ClO2. The average molecular weight is 225 g/mol. The molecule has 1 aromatic carbocycles. The first-order valence-electron chi connectivity index (χ1n) is 4.62. The number of carbonyl (C=O) groups excluding carboxylic acids is 1. The van der Waals surface area contributed by atoms with E-state index in [9.17, 15) is 4.79 Å². The van der Waals surface area contributed by atoms with E-state index in [-0.39, 0.29) is 5.78 Å². The molecule has 0 aliphatic carbocycles. The van der Waals surface area contributed by atoms with Crippen molar-refractivity contribution in [1.29, 1.82) is 0 Å². The number of hydrogen-bond donors (Lipinski definition) is 0. The van der Waals surface area contributed by atoms with Crippen LogP contribution in [0.1, 0.15) is 13.8 Å². The van der Waals surface area contributed by atoms with E-state index in [0.717, 1.165) is 0 Å². The van der Waals surface area contributed by atoms with Gasteiger partial charge in [0, 0.05) is 5.02 Å². The molecule has 1 rings (SSSR count). The summed E-state index contributed by atoms with van der Waals surface area (Å²) in [5.41, 5.74) is 0.490. The summed E-state index contributed by atoms with van der Waals surface area (Å²) in [4.78, 5) is 11.5. The Morgan fingerprint density at radius 1 is 1.53 bits per heavy atom. The zero-order valence-corrected chi connectivity index (χ0v) is 9.54. The first-order chi connectivity index (χ1) is 7.00. The lowest BCUT2D eigenvalue weighted by Crippen LogP contribution is -2.24. The van der Waals surface area contributed by atoms with Gasteiger partial charge < -0.3 is 4.74 Å². The van der Waals surface area contributed by atoms with Gasteiger partial charge >= 0.3 is 0 Å². The second-order valence-corrected chi connectivity index (χ2v) is 3.80. The summed E-state index contributed by atoms with van der Waals surface area (Å²) in [5, 5.41) is 0.586. The number of carbonyl (C=O) groups is 1. The fourth-order valence-corrected chi connectivity index (χ4v) is 1.33. The van der Waals surface area contributed by atoms with Gasteiger partial charge in [-0.15, -0.1) is 0 Å². The predicted molar refractivity (Wildman–Crippen MR) is 61.4 cm³/mol. The highest BCUT2D eigenvalue weighted by atomic mass is 35.5. The van der Waals surface area contributed by atoms with Crippen LogP contribution in [0, 0.1) is 0 Å². The van der Waals surface area contributed by atoms with Crippen molar-refractivity contribution in [1.82, 2.24) is 0 Å². The van der Waals surface area contributed by atoms with Crippen molar-refractivity contribution >= 4 is 17.4 Å². The van der Waals surface area contributed by atoms with Gasteiger partial charge in [0.05, 0.1) is 0 Å². The van der Waals surface area contributed by atoms with Crippen molar-refractivity contribution in [3.8, 4) is 5.75 Å². The number of halogens is 1. The summed E-state index contributed by atoms with van der Waals surface area (Å²) < 4.78 is 5.42. The molecule has 0 saturated carbocycles. The van der Waals surface area contributed by atoms with Crippen LogP contribution in [0.5, 0.6) is 5.75 Å². The lowest BCUT2D eigenvalue weighted by Gasteiger charge is -2.13. The van der Waals surface area contributed by atoms with Gasteiger partial charge in [-0.1, -0.05) is 24.2 Å². The Hall–Kier alpha value is -1.28. The Kier molecular flexibility index (Phi) is 3.92. The van der Waals surface area contributed by atoms with Crippen LogP contribution in [-0.2, 0) is 4.79 Å². The van der Waals surface area contributed by atoms with Crippen molar-refractivity contribution < 1.29 is 9.53 Å². The van der Waals surface area contributed by atoms with E-state index >= 15 is 0 Å². The normalized spacial score (nSPS) is 11.9. The van der Waals surface area contributed by atoms with Crippen molar-refractivity contribution in [2.45, 2.75) is 20.0 Å². The Morgan fingerprint density at radius 3 is 2.73 bits per heavy atom. The molecular weight excluding hydrogens is 212 g/mol. The Bertz CT molecular complexity index is 385. The highest BCUT2D eigenvalue weighted by molar-refractivity contribution is 6.30. The molecule has 0 fully saturated rings. The minimum atomic E-state index is -0.527. The molecule has 3 heteroatoms. The van der Waals surface area contributed by atoms with Gasteiger partial charge in [-0.3, -0.25) is 4.79 Å². The molecule has 0 amide bonds. The van der Waals surface area contributed by atoms with Crippen LogP contribution in [-0.4, -0.2) is 11.9 Å². The maximum atomic E-state index is 11.5. The van der Waals surface area contributed by atoms with Gasteiger partial charge in [-0.25, -0.2) is 0 Å². The van der Waals surface area contributed by atoms with Gasteiger partial charge in [0.1, 0.15) is 5.75 Å². The van der Waals surface area contributed by atoms with Crippen LogP contribution in [0.25, 0.3) is 0 Å². The monoisotopic (exact) mass is 224 g/mol. The molecule has 0 aromatic heterocycles. The maximum Gasteiger partial charge on any atom is 0.198 e. The Morgan fingerprint density at radius 2 is 2.20 bits per heavy atom. The molecule has 0 aliphatic heterocycles. The number of ether oxygens (including phenoxy) is 1. The molecule has 0 heterocycles. The van der Waals surface area contributed by atoms with Crippen LogP contribution >= 0.6 is 11.6 Å². The third-order valence-corrected chi connectivity index (χ3v) is 2.13. The molecule has 0 bridgehead atoms. The molecule has 0 spiro atoms. The molecule has 1 atom stereocenters. The molecule has 2 nitrogen and oxygen atoms in total. The summed E-state index contributed by atoms with van der Waals surface area (Å²) in [7, 11) is 0. The van der Waals surface area contributed by atoms with Gasteiger partial charge in [-0.05, 0) is 37.6 Å². The molecule has 0 N–H and O–H groups in total. The second-order valence-electron chi connectivity index (χ2n) is 3.36. The van der Waals surface area contributed by atoms with E-state index in [1.807, 2.05) is 0 Å². The van der Waals surface area contributed by atoms with Gasteiger partial charge in [0.2, 0.25) is 0 Å². The van der Waals surface area contributed by atoms with E-state index in [2.05, 4.69) is 6.58 Å². The summed E-state index contributed by atoms with van der Waals surface area (Å²) in [6.45, 7) is 6.94. The number of benzene rings is 1. The van der Waals surface area contributed by atoms with Crippen LogP contribution in [0.4, 0.5) is 0 Å². The SMILES string of the molecule is C=C(C)C(=O)C(C)Oc1cccc(Cl)c1. The quantitative estimate of drug-likeness (QED) is 0.734. The minimum absolute atomic E-state index is 0.102. The summed E-state index contributed by atoms with van der Waals surface area (Å²) in [5.74, 6) is 0.486. The molecule has 0 saturated heterocycles. The largest absolute Gasteiger partial charge is 0.483 e. The average Bonchev–Trinajstić information content (AvgIpc) is 2.16. The smallest absolute Gasteiger partial charge is 0.198 e.